The number of aryl methyl sites for hydroxylation is 1. The normalized spacial score (nSPS) is 10.8. The van der Waals surface area contributed by atoms with Gasteiger partial charge in [-0.25, -0.2) is 0 Å². The zero-order chi connectivity index (χ0) is 15.0. The largest absolute Gasteiger partial charge is 0.496 e. The van der Waals surface area contributed by atoms with Crippen LogP contribution in [0.15, 0.2) is 18.2 Å². The Bertz CT molecular complexity index is 430. The van der Waals surface area contributed by atoms with Crippen molar-refractivity contribution in [3.8, 4) is 5.75 Å². The molecule has 1 aromatic carbocycles. The predicted molar refractivity (Wildman–Crippen MR) is 87.2 cm³/mol. The number of carbonyl (C=O) groups excluding carboxylic acids is 1. The van der Waals surface area contributed by atoms with Crippen LogP contribution in [0, 0.1) is 6.92 Å². The minimum Gasteiger partial charge on any atom is -0.496 e. The summed E-state index contributed by atoms with van der Waals surface area (Å²) in [4.78, 5) is 14.6. The Morgan fingerprint density at radius 2 is 2.00 bits per heavy atom. The van der Waals surface area contributed by atoms with E-state index in [1.165, 1.54) is 0 Å². The van der Waals surface area contributed by atoms with Crippen molar-refractivity contribution in [2.45, 2.75) is 20.8 Å². The Balaban J connectivity index is 2.47. The second-order valence-electron chi connectivity index (χ2n) is 4.71. The number of methoxy groups -OCH3 is 1. The number of rotatable bonds is 9. The third-order valence-electron chi connectivity index (χ3n) is 3.34. The minimum atomic E-state index is 0.145. The number of thioether (sulfide) groups is 1. The summed E-state index contributed by atoms with van der Waals surface area (Å²) in [6.45, 7) is 9.49. The zero-order valence-electron chi connectivity index (χ0n) is 12.9. The van der Waals surface area contributed by atoms with Gasteiger partial charge in [0.1, 0.15) is 5.75 Å². The van der Waals surface area contributed by atoms with Gasteiger partial charge in [-0.1, -0.05) is 19.9 Å². The molecule has 0 aromatic heterocycles. The Kier molecular flexibility index (Phi) is 7.70. The zero-order valence-corrected chi connectivity index (χ0v) is 13.8. The van der Waals surface area contributed by atoms with E-state index in [0.717, 1.165) is 31.0 Å². The van der Waals surface area contributed by atoms with Gasteiger partial charge < -0.3 is 9.64 Å². The second kappa shape index (κ2) is 9.03. The van der Waals surface area contributed by atoms with Crippen LogP contribution in [-0.4, -0.2) is 48.9 Å². The number of ketones is 1. The molecule has 0 saturated carbocycles. The number of benzene rings is 1. The molecule has 0 aliphatic rings. The minimum absolute atomic E-state index is 0.145. The van der Waals surface area contributed by atoms with Crippen LogP contribution < -0.4 is 4.74 Å². The predicted octanol–water partition coefficient (Wildman–Crippen LogP) is 3.26. The number of ether oxygens (including phenoxy) is 1. The van der Waals surface area contributed by atoms with E-state index in [4.69, 9.17) is 4.74 Å². The summed E-state index contributed by atoms with van der Waals surface area (Å²) in [5, 5.41) is 0. The first kappa shape index (κ1) is 17.1. The van der Waals surface area contributed by atoms with Crippen LogP contribution in [0.25, 0.3) is 0 Å². The average molecular weight is 295 g/mol. The van der Waals surface area contributed by atoms with E-state index in [0.29, 0.717) is 17.1 Å². The Morgan fingerprint density at radius 1 is 1.30 bits per heavy atom. The summed E-state index contributed by atoms with van der Waals surface area (Å²) in [5.74, 6) is 2.33. The smallest absolute Gasteiger partial charge is 0.176 e. The summed E-state index contributed by atoms with van der Waals surface area (Å²) in [6, 6.07) is 5.73. The summed E-state index contributed by atoms with van der Waals surface area (Å²) >= 11 is 1.69. The molecule has 4 heteroatoms. The van der Waals surface area contributed by atoms with Gasteiger partial charge in [-0.05, 0) is 37.7 Å². The SMILES string of the molecule is CCN(CC)CCSCC(=O)c1ccc(C)cc1OC. The molecule has 1 rings (SSSR count). The van der Waals surface area contributed by atoms with Crippen LogP contribution >= 0.6 is 11.8 Å². The van der Waals surface area contributed by atoms with E-state index in [-0.39, 0.29) is 5.78 Å². The molecule has 0 aliphatic heterocycles. The topological polar surface area (TPSA) is 29.5 Å². The molecule has 0 radical (unpaired) electrons. The highest BCUT2D eigenvalue weighted by Crippen LogP contribution is 2.21. The lowest BCUT2D eigenvalue weighted by atomic mass is 10.1. The number of hydrogen-bond donors (Lipinski definition) is 0. The Labute approximate surface area is 126 Å². The molecule has 0 spiro atoms. The van der Waals surface area contributed by atoms with E-state index >= 15 is 0 Å². The maximum absolute atomic E-state index is 12.2. The number of nitrogens with zero attached hydrogens (tertiary/aromatic N) is 1. The monoisotopic (exact) mass is 295 g/mol. The molecule has 20 heavy (non-hydrogen) atoms. The first-order valence-electron chi connectivity index (χ1n) is 7.10. The lowest BCUT2D eigenvalue weighted by Gasteiger charge is -2.17. The quantitative estimate of drug-likeness (QED) is 0.516. The highest BCUT2D eigenvalue weighted by Gasteiger charge is 2.12. The average Bonchev–Trinajstić information content (AvgIpc) is 2.47. The van der Waals surface area contributed by atoms with Crippen molar-refractivity contribution in [3.63, 3.8) is 0 Å². The van der Waals surface area contributed by atoms with Gasteiger partial charge in [-0.2, -0.15) is 11.8 Å². The Hall–Kier alpha value is -1.00. The fourth-order valence-corrected chi connectivity index (χ4v) is 2.88. The van der Waals surface area contributed by atoms with Crippen molar-refractivity contribution >= 4 is 17.5 Å². The van der Waals surface area contributed by atoms with Crippen molar-refractivity contribution in [2.24, 2.45) is 0 Å². The van der Waals surface area contributed by atoms with Crippen LogP contribution in [0.5, 0.6) is 5.75 Å². The van der Waals surface area contributed by atoms with Gasteiger partial charge in [-0.15, -0.1) is 0 Å². The van der Waals surface area contributed by atoms with E-state index in [9.17, 15) is 4.79 Å². The molecule has 112 valence electrons. The van der Waals surface area contributed by atoms with Gasteiger partial charge in [0.05, 0.1) is 18.4 Å². The number of Topliss-reactive ketones (excluding diaryl/α,β-unsaturated/α-hetero) is 1. The van der Waals surface area contributed by atoms with Gasteiger partial charge in [-0.3, -0.25) is 4.79 Å². The number of hydrogen-bond acceptors (Lipinski definition) is 4. The van der Waals surface area contributed by atoms with E-state index < -0.39 is 0 Å². The second-order valence-corrected chi connectivity index (χ2v) is 5.81. The lowest BCUT2D eigenvalue weighted by molar-refractivity contribution is 0.101. The number of carbonyl (C=O) groups is 1. The summed E-state index contributed by atoms with van der Waals surface area (Å²) in [6.07, 6.45) is 0. The third-order valence-corrected chi connectivity index (χ3v) is 4.27. The van der Waals surface area contributed by atoms with Crippen LogP contribution in [0.1, 0.15) is 29.8 Å². The molecule has 0 N–H and O–H groups in total. The van der Waals surface area contributed by atoms with Crippen LogP contribution in [0.3, 0.4) is 0 Å². The molecule has 0 bridgehead atoms. The van der Waals surface area contributed by atoms with Crippen molar-refractivity contribution in [3.05, 3.63) is 29.3 Å². The van der Waals surface area contributed by atoms with Crippen LogP contribution in [-0.2, 0) is 0 Å². The molecule has 0 fully saturated rings. The van der Waals surface area contributed by atoms with Gasteiger partial charge in [0.2, 0.25) is 0 Å². The molecule has 0 aliphatic carbocycles. The maximum Gasteiger partial charge on any atom is 0.176 e. The molecule has 0 heterocycles. The van der Waals surface area contributed by atoms with Crippen molar-refractivity contribution in [2.75, 3.05) is 38.2 Å². The summed E-state index contributed by atoms with van der Waals surface area (Å²) in [5.41, 5.74) is 1.79. The molecule has 3 nitrogen and oxygen atoms in total. The maximum atomic E-state index is 12.2. The molecule has 1 aromatic rings. The molecule has 0 saturated heterocycles. The van der Waals surface area contributed by atoms with Crippen molar-refractivity contribution in [1.82, 2.24) is 4.90 Å². The summed E-state index contributed by atoms with van der Waals surface area (Å²) in [7, 11) is 1.61. The standard InChI is InChI=1S/C16H25NO2S/c1-5-17(6-2)9-10-20-12-15(18)14-8-7-13(3)11-16(14)19-4/h7-8,11H,5-6,9-10,12H2,1-4H3. The van der Waals surface area contributed by atoms with E-state index in [2.05, 4.69) is 18.7 Å². The van der Waals surface area contributed by atoms with Gasteiger partial charge in [0.25, 0.3) is 0 Å². The van der Waals surface area contributed by atoms with E-state index in [1.807, 2.05) is 25.1 Å². The van der Waals surface area contributed by atoms with Crippen LogP contribution in [0.4, 0.5) is 0 Å². The van der Waals surface area contributed by atoms with Crippen LogP contribution in [0.2, 0.25) is 0 Å². The van der Waals surface area contributed by atoms with Gasteiger partial charge in [0, 0.05) is 12.3 Å². The molecule has 0 atom stereocenters. The highest BCUT2D eigenvalue weighted by molar-refractivity contribution is 8.00. The fourth-order valence-electron chi connectivity index (χ4n) is 2.00. The van der Waals surface area contributed by atoms with Gasteiger partial charge >= 0.3 is 0 Å². The molecule has 0 unspecified atom stereocenters. The fraction of sp³-hybridized carbons (Fsp3) is 0.562. The highest BCUT2D eigenvalue weighted by atomic mass is 32.2. The molecular formula is C16H25NO2S. The Morgan fingerprint density at radius 3 is 2.60 bits per heavy atom. The van der Waals surface area contributed by atoms with Crippen molar-refractivity contribution in [1.29, 1.82) is 0 Å². The molecular weight excluding hydrogens is 270 g/mol. The van der Waals surface area contributed by atoms with Gasteiger partial charge in [0.15, 0.2) is 5.78 Å². The third kappa shape index (κ3) is 5.17. The molecule has 0 amide bonds. The first-order chi connectivity index (χ1) is 9.62. The lowest BCUT2D eigenvalue weighted by Crippen LogP contribution is -2.25. The summed E-state index contributed by atoms with van der Waals surface area (Å²) < 4.78 is 5.29. The van der Waals surface area contributed by atoms with E-state index in [1.54, 1.807) is 18.9 Å². The van der Waals surface area contributed by atoms with Crippen molar-refractivity contribution < 1.29 is 9.53 Å². The first-order valence-corrected chi connectivity index (χ1v) is 8.25.